The maximum absolute atomic E-state index is 9.26. The Labute approximate surface area is 83.1 Å². The molecule has 0 spiro atoms. The molecule has 0 aromatic heterocycles. The molecule has 0 saturated carbocycles. The van der Waals surface area contributed by atoms with Gasteiger partial charge in [-0.25, -0.2) is 0 Å². The van der Waals surface area contributed by atoms with Gasteiger partial charge in [-0.1, -0.05) is 6.92 Å². The molecule has 0 radical (unpaired) electrons. The van der Waals surface area contributed by atoms with E-state index in [1.54, 1.807) is 13.3 Å². The molecular formula is C9H20O2Sn. The topological polar surface area (TPSA) is 40.1 Å². The molecule has 0 heterocycles. The zero-order chi connectivity index (χ0) is 9.98. The van der Waals surface area contributed by atoms with E-state index in [0.29, 0.717) is 0 Å². The first kappa shape index (κ1) is 14.8. The molecule has 0 aromatic carbocycles. The van der Waals surface area contributed by atoms with Crippen molar-refractivity contribution in [3.05, 3.63) is 0 Å². The third kappa shape index (κ3) is 12.9. The monoisotopic (exact) mass is 280 g/mol. The Morgan fingerprint density at radius 1 is 1.08 bits per heavy atom. The van der Waals surface area contributed by atoms with Crippen LogP contribution in [0.25, 0.3) is 0 Å². The molecule has 2 nitrogen and oxygen atoms in total. The van der Waals surface area contributed by atoms with Gasteiger partial charge in [-0.05, 0) is 6.42 Å². The van der Waals surface area contributed by atoms with Crippen molar-refractivity contribution in [2.24, 2.45) is 0 Å². The summed E-state index contributed by atoms with van der Waals surface area (Å²) < 4.78 is 4.65. The van der Waals surface area contributed by atoms with Crippen LogP contribution in [0.4, 0.5) is 0 Å². The predicted octanol–water partition coefficient (Wildman–Crippen LogP) is 1.69. The molecule has 0 amide bonds. The average molecular weight is 279 g/mol. The summed E-state index contributed by atoms with van der Waals surface area (Å²) in [7, 11) is 0. The van der Waals surface area contributed by atoms with E-state index < -0.39 is 25.7 Å². The summed E-state index contributed by atoms with van der Waals surface area (Å²) in [6, 6.07) is 0. The summed E-state index contributed by atoms with van der Waals surface area (Å²) in [4.78, 5) is 9.26. The first-order chi connectivity index (χ1) is 5.62. The van der Waals surface area contributed by atoms with Crippen molar-refractivity contribution in [2.75, 3.05) is 0 Å². The minimum atomic E-state index is -0.995. The van der Waals surface area contributed by atoms with Crippen LogP contribution >= 0.6 is 0 Å². The van der Waals surface area contributed by atoms with Crippen molar-refractivity contribution < 1.29 is 9.90 Å². The molecule has 0 N–H and O–H groups in total. The molecule has 0 aliphatic carbocycles. The van der Waals surface area contributed by atoms with Crippen LogP contribution in [-0.2, 0) is 4.79 Å². The van der Waals surface area contributed by atoms with Gasteiger partial charge in [0.2, 0.25) is 0 Å². The Morgan fingerprint density at radius 3 is 1.33 bits per heavy atom. The number of carbonyl (C=O) groups excluding carboxylic acids is 1. The number of hydrogen-bond acceptors (Lipinski definition) is 2. The molecule has 0 rings (SSSR count). The molecule has 0 aromatic rings. The van der Waals surface area contributed by atoms with Crippen LogP contribution in [0.5, 0.6) is 0 Å². The Balaban J connectivity index is 0. The van der Waals surface area contributed by atoms with E-state index in [9.17, 15) is 9.90 Å². The Morgan fingerprint density at radius 2 is 1.33 bits per heavy atom. The zero-order valence-electron chi connectivity index (χ0n) is 8.64. The van der Waals surface area contributed by atoms with Crippen molar-refractivity contribution >= 4 is 25.7 Å². The van der Waals surface area contributed by atoms with Crippen LogP contribution in [0.1, 0.15) is 34.1 Å². The second-order valence-corrected chi connectivity index (χ2v) is 12.9. The molecule has 0 bridgehead atoms. The Kier molecular flexibility index (Phi) is 13.9. The van der Waals surface area contributed by atoms with Gasteiger partial charge in [0, 0.05) is 5.97 Å². The van der Waals surface area contributed by atoms with Gasteiger partial charge in [0.1, 0.15) is 0 Å². The molecule has 0 aliphatic rings. The quantitative estimate of drug-likeness (QED) is 0.735. The summed E-state index contributed by atoms with van der Waals surface area (Å²) >= 11 is -0.653. The average Bonchev–Trinajstić information content (AvgIpc) is 2.09. The molecule has 0 aliphatic heterocycles. The number of aliphatic carboxylic acids is 1. The van der Waals surface area contributed by atoms with Gasteiger partial charge < -0.3 is 9.90 Å². The van der Waals surface area contributed by atoms with Crippen LogP contribution in [0.3, 0.4) is 0 Å². The van der Waals surface area contributed by atoms with Crippen molar-refractivity contribution in [3.8, 4) is 0 Å². The van der Waals surface area contributed by atoms with Gasteiger partial charge in [-0.15, -0.1) is 0 Å². The van der Waals surface area contributed by atoms with Crippen LogP contribution in [0.15, 0.2) is 0 Å². The van der Waals surface area contributed by atoms with Gasteiger partial charge in [0.25, 0.3) is 0 Å². The molecule has 3 heteroatoms. The second-order valence-electron chi connectivity index (χ2n) is 2.54. The third-order valence-electron chi connectivity index (χ3n) is 1.79. The molecule has 0 fully saturated rings. The van der Waals surface area contributed by atoms with E-state index in [2.05, 4.69) is 20.8 Å². The zero-order valence-corrected chi connectivity index (χ0v) is 11.5. The summed E-state index contributed by atoms with van der Waals surface area (Å²) in [5, 5.41) is 9.26. The van der Waals surface area contributed by atoms with E-state index in [0.717, 1.165) is 0 Å². The van der Waals surface area contributed by atoms with E-state index in [1.807, 2.05) is 0 Å². The molecule has 72 valence electrons. The van der Waals surface area contributed by atoms with Gasteiger partial charge in [-0.3, -0.25) is 0 Å². The Bertz CT molecular complexity index is 95.2. The number of carboxylic acid groups (broad SMARTS) is 1. The predicted molar refractivity (Wildman–Crippen MR) is 52.5 cm³/mol. The van der Waals surface area contributed by atoms with Crippen LogP contribution < -0.4 is 5.11 Å². The minimum absolute atomic E-state index is 0.111. The molecule has 0 saturated heterocycles. The second kappa shape index (κ2) is 11.3. The van der Waals surface area contributed by atoms with Gasteiger partial charge in [-0.2, -0.15) is 0 Å². The molecular weight excluding hydrogens is 259 g/mol. The summed E-state index contributed by atoms with van der Waals surface area (Å²) in [5.74, 6) is -0.995. The van der Waals surface area contributed by atoms with Crippen molar-refractivity contribution in [2.45, 2.75) is 47.4 Å². The fourth-order valence-electron chi connectivity index (χ4n) is 0.750. The number of rotatable bonds is 4. The van der Waals surface area contributed by atoms with Gasteiger partial charge in [0.05, 0.1) is 0 Å². The fourth-order valence-corrected chi connectivity index (χ4v) is 5.03. The maximum atomic E-state index is 9.26. The van der Waals surface area contributed by atoms with Crippen LogP contribution in [0, 0.1) is 0 Å². The SMILES string of the molecule is CCC(=O)[O-].C[CH2][Sn+]([CH2]C)[CH2]C. The Hall–Kier alpha value is 0.269. The number of carbonyl (C=O) groups is 1. The van der Waals surface area contributed by atoms with E-state index in [4.69, 9.17) is 0 Å². The van der Waals surface area contributed by atoms with Crippen LogP contribution in [-0.4, -0.2) is 25.7 Å². The van der Waals surface area contributed by atoms with Crippen LogP contribution in [0.2, 0.25) is 13.3 Å². The van der Waals surface area contributed by atoms with Crippen molar-refractivity contribution in [1.29, 1.82) is 0 Å². The number of carboxylic acids is 1. The molecule has 0 unspecified atom stereocenters. The summed E-state index contributed by atoms with van der Waals surface area (Å²) in [5.41, 5.74) is 0. The van der Waals surface area contributed by atoms with E-state index in [-0.39, 0.29) is 6.42 Å². The first-order valence-corrected chi connectivity index (χ1v) is 10.7. The van der Waals surface area contributed by atoms with Crippen molar-refractivity contribution in [1.82, 2.24) is 0 Å². The fraction of sp³-hybridized carbons (Fsp3) is 0.889. The summed E-state index contributed by atoms with van der Waals surface area (Å²) in [6.07, 6.45) is 0.111. The standard InChI is InChI=1S/C3H6O2.3C2H5.Sn/c1-2-3(4)5;3*1-2;/h2H2,1H3,(H,4,5);3*1H2,2H3;/q;;;;+1/p-1. The molecule has 12 heavy (non-hydrogen) atoms. The van der Waals surface area contributed by atoms with E-state index >= 15 is 0 Å². The third-order valence-corrected chi connectivity index (χ3v) is 10.4. The summed E-state index contributed by atoms with van der Waals surface area (Å²) in [6.45, 7) is 8.58. The van der Waals surface area contributed by atoms with Crippen molar-refractivity contribution in [3.63, 3.8) is 0 Å². The first-order valence-electron chi connectivity index (χ1n) is 4.65. The van der Waals surface area contributed by atoms with Gasteiger partial charge >= 0.3 is 53.8 Å². The van der Waals surface area contributed by atoms with Gasteiger partial charge in [0.15, 0.2) is 0 Å². The molecule has 0 atom stereocenters. The normalized spacial score (nSPS) is 8.33. The number of hydrogen-bond donors (Lipinski definition) is 0. The van der Waals surface area contributed by atoms with E-state index in [1.165, 1.54) is 6.92 Å².